The topological polar surface area (TPSA) is 95.9 Å². The summed E-state index contributed by atoms with van der Waals surface area (Å²) in [6.45, 7) is 3.68. The number of carbonyl (C=O) groups excluding carboxylic acids is 1. The van der Waals surface area contributed by atoms with E-state index in [9.17, 15) is 18.0 Å². The average Bonchev–Trinajstić information content (AvgIpc) is 3.58. The van der Waals surface area contributed by atoms with Crippen molar-refractivity contribution in [3.05, 3.63) is 64.9 Å². The molecule has 1 saturated heterocycles. The Hall–Kier alpha value is -3.51. The Bertz CT molecular complexity index is 1260. The van der Waals surface area contributed by atoms with E-state index in [1.807, 2.05) is 36.5 Å². The molecule has 0 saturated carbocycles. The number of ether oxygens (including phenoxy) is 1. The number of piperidine rings is 1. The number of nitrogens with zero attached hydrogens (tertiary/aromatic N) is 4. The third-order valence-electron chi connectivity index (χ3n) is 6.48. The average molecular weight is 549 g/mol. The van der Waals surface area contributed by atoms with Gasteiger partial charge in [-0.15, -0.1) is 11.3 Å². The number of hydrogen-bond acceptors (Lipinski definition) is 7. The number of benzene rings is 1. The van der Waals surface area contributed by atoms with Gasteiger partial charge in [0.1, 0.15) is 15.6 Å². The molecule has 38 heavy (non-hydrogen) atoms. The first-order valence-corrected chi connectivity index (χ1v) is 12.8. The number of likely N-dealkylation sites (tertiary alicyclic amines) is 1. The van der Waals surface area contributed by atoms with Gasteiger partial charge in [-0.1, -0.05) is 0 Å². The van der Waals surface area contributed by atoms with Gasteiger partial charge >= 0.3 is 12.1 Å². The summed E-state index contributed by atoms with van der Waals surface area (Å²) in [6, 6.07) is 10.6. The zero-order chi connectivity index (χ0) is 27.3. The summed E-state index contributed by atoms with van der Waals surface area (Å²) in [4.78, 5) is 35.7. The van der Waals surface area contributed by atoms with Crippen LogP contribution in [0.2, 0.25) is 0 Å². The van der Waals surface area contributed by atoms with Gasteiger partial charge in [0.25, 0.3) is 5.91 Å². The number of alkyl halides is 3. The van der Waals surface area contributed by atoms with Gasteiger partial charge in [0.05, 0.1) is 12.8 Å². The number of halogens is 3. The zero-order valence-electron chi connectivity index (χ0n) is 20.6. The highest BCUT2D eigenvalue weighted by atomic mass is 32.1. The number of carbonyl (C=O) groups is 2. The van der Waals surface area contributed by atoms with E-state index in [4.69, 9.17) is 14.6 Å². The fraction of sp³-hybridized carbons (Fsp3) is 0.385. The molecule has 5 rings (SSSR count). The van der Waals surface area contributed by atoms with E-state index in [0.717, 1.165) is 61.8 Å². The van der Waals surface area contributed by atoms with E-state index in [1.54, 1.807) is 6.20 Å². The number of carboxylic acid groups (broad SMARTS) is 1. The molecule has 1 N–H and O–H groups in total. The minimum atomic E-state index is -5.08. The minimum Gasteiger partial charge on any atom is -0.493 e. The van der Waals surface area contributed by atoms with Crippen molar-refractivity contribution in [1.82, 2.24) is 19.8 Å². The van der Waals surface area contributed by atoms with E-state index >= 15 is 0 Å². The summed E-state index contributed by atoms with van der Waals surface area (Å²) in [7, 11) is 1.93. The molecule has 1 amide bonds. The van der Waals surface area contributed by atoms with Crippen LogP contribution in [0.25, 0.3) is 10.6 Å². The molecule has 2 aliphatic heterocycles. The molecule has 1 fully saturated rings. The summed E-state index contributed by atoms with van der Waals surface area (Å²) in [6.07, 6.45) is 3.24. The Balaban J connectivity index is 0.000000426. The lowest BCUT2D eigenvalue weighted by molar-refractivity contribution is -0.192. The van der Waals surface area contributed by atoms with E-state index < -0.39 is 12.1 Å². The van der Waals surface area contributed by atoms with Crippen molar-refractivity contribution in [2.45, 2.75) is 38.0 Å². The molecule has 3 aromatic rings. The van der Waals surface area contributed by atoms with Crippen LogP contribution in [0.15, 0.2) is 48.9 Å². The molecule has 0 aliphatic carbocycles. The highest BCUT2D eigenvalue weighted by molar-refractivity contribution is 7.16. The Morgan fingerprint density at radius 2 is 1.87 bits per heavy atom. The fourth-order valence-electron chi connectivity index (χ4n) is 4.38. The minimum absolute atomic E-state index is 0.0702. The van der Waals surface area contributed by atoms with Crippen LogP contribution in [0, 0.1) is 0 Å². The first kappa shape index (κ1) is 27.5. The predicted molar refractivity (Wildman–Crippen MR) is 135 cm³/mol. The highest BCUT2D eigenvalue weighted by Crippen LogP contribution is 2.33. The molecule has 2 aliphatic rings. The summed E-state index contributed by atoms with van der Waals surface area (Å²) in [5, 5.41) is 8.01. The Morgan fingerprint density at radius 1 is 1.18 bits per heavy atom. The zero-order valence-corrected chi connectivity index (χ0v) is 21.5. The maximum Gasteiger partial charge on any atom is 0.490 e. The Labute approximate surface area is 221 Å². The normalized spacial score (nSPS) is 15.7. The van der Waals surface area contributed by atoms with Crippen LogP contribution in [0.4, 0.5) is 13.2 Å². The number of aromatic nitrogens is 2. The molecular formula is C26H27F3N4O4S. The number of carboxylic acids is 1. The van der Waals surface area contributed by atoms with Crippen molar-refractivity contribution in [2.24, 2.45) is 0 Å². The van der Waals surface area contributed by atoms with Crippen molar-refractivity contribution in [3.63, 3.8) is 0 Å². The van der Waals surface area contributed by atoms with Gasteiger partial charge in [-0.2, -0.15) is 13.2 Å². The van der Waals surface area contributed by atoms with Crippen molar-refractivity contribution in [1.29, 1.82) is 0 Å². The molecule has 12 heteroatoms. The first-order chi connectivity index (χ1) is 18.1. The molecule has 0 spiro atoms. The van der Waals surface area contributed by atoms with Gasteiger partial charge in [-0.25, -0.2) is 9.78 Å². The van der Waals surface area contributed by atoms with E-state index in [0.29, 0.717) is 4.88 Å². The summed E-state index contributed by atoms with van der Waals surface area (Å²) in [5.41, 5.74) is 3.56. The van der Waals surface area contributed by atoms with Crippen molar-refractivity contribution < 1.29 is 32.6 Å². The molecule has 1 aromatic carbocycles. The molecule has 0 atom stereocenters. The summed E-state index contributed by atoms with van der Waals surface area (Å²) in [5.74, 6) is -1.72. The lowest BCUT2D eigenvalue weighted by Crippen LogP contribution is -2.45. The van der Waals surface area contributed by atoms with Crippen molar-refractivity contribution in [2.75, 3.05) is 26.7 Å². The first-order valence-electron chi connectivity index (χ1n) is 12.0. The molecule has 8 nitrogen and oxygen atoms in total. The number of rotatable bonds is 5. The van der Waals surface area contributed by atoms with Crippen LogP contribution in [-0.2, 0) is 17.8 Å². The standard InChI is InChI=1S/C24H26N4O2S.C2HF3O2/c1-27(20-6-11-28(12-7-20)16-17-4-9-25-10-5-17)24(29)22-15-26-23(31-22)19-2-3-21-18(14-19)8-13-30-21;3-2(4,5)1(6)7/h2-5,9-10,14-15,20H,6-8,11-13,16H2,1H3;(H,6,7). The third kappa shape index (κ3) is 6.87. The number of hydrogen-bond donors (Lipinski definition) is 1. The Kier molecular flexibility index (Phi) is 8.62. The van der Waals surface area contributed by atoms with Crippen LogP contribution in [0.1, 0.15) is 33.6 Å². The van der Waals surface area contributed by atoms with Crippen LogP contribution in [0.5, 0.6) is 5.75 Å². The Morgan fingerprint density at radius 3 is 2.53 bits per heavy atom. The lowest BCUT2D eigenvalue weighted by atomic mass is 10.0. The quantitative estimate of drug-likeness (QED) is 0.501. The number of aliphatic carboxylic acids is 1. The van der Waals surface area contributed by atoms with E-state index in [2.05, 4.69) is 33.1 Å². The number of pyridine rings is 1. The van der Waals surface area contributed by atoms with Crippen molar-refractivity contribution >= 4 is 23.2 Å². The van der Waals surface area contributed by atoms with Gasteiger partial charge in [0, 0.05) is 57.1 Å². The summed E-state index contributed by atoms with van der Waals surface area (Å²) < 4.78 is 37.3. The van der Waals surface area contributed by atoms with Gasteiger partial charge in [-0.3, -0.25) is 14.7 Å². The van der Waals surface area contributed by atoms with Crippen molar-refractivity contribution in [3.8, 4) is 16.3 Å². The van der Waals surface area contributed by atoms with E-state index in [1.165, 1.54) is 22.5 Å². The highest BCUT2D eigenvalue weighted by Gasteiger charge is 2.38. The maximum absolute atomic E-state index is 13.1. The molecule has 0 unspecified atom stereocenters. The number of amides is 1. The van der Waals surface area contributed by atoms with Crippen LogP contribution < -0.4 is 4.74 Å². The van der Waals surface area contributed by atoms with Crippen LogP contribution in [-0.4, -0.2) is 75.7 Å². The smallest absolute Gasteiger partial charge is 0.490 e. The van der Waals surface area contributed by atoms with Gasteiger partial charge in [-0.05, 0) is 54.3 Å². The third-order valence-corrected chi connectivity index (χ3v) is 7.51. The van der Waals surface area contributed by atoms with Crippen LogP contribution >= 0.6 is 11.3 Å². The molecule has 2 aromatic heterocycles. The van der Waals surface area contributed by atoms with Gasteiger partial charge in [0.15, 0.2) is 0 Å². The fourth-order valence-corrected chi connectivity index (χ4v) is 5.27. The number of fused-ring (bicyclic) bond motifs is 1. The largest absolute Gasteiger partial charge is 0.493 e. The molecule has 0 radical (unpaired) electrons. The second-order valence-corrected chi connectivity index (χ2v) is 10.1. The van der Waals surface area contributed by atoms with Gasteiger partial charge in [0.2, 0.25) is 0 Å². The maximum atomic E-state index is 13.1. The SMILES string of the molecule is CN(C(=O)c1cnc(-c2ccc3c(c2)CCO3)s1)C1CCN(Cc2ccncc2)CC1.O=C(O)C(F)(F)F. The monoisotopic (exact) mass is 548 g/mol. The van der Waals surface area contributed by atoms with E-state index in [-0.39, 0.29) is 11.9 Å². The molecular weight excluding hydrogens is 521 g/mol. The summed E-state index contributed by atoms with van der Waals surface area (Å²) >= 11 is 1.47. The number of thiazole rings is 1. The van der Waals surface area contributed by atoms with Crippen LogP contribution in [0.3, 0.4) is 0 Å². The second-order valence-electron chi connectivity index (χ2n) is 9.03. The second kappa shape index (κ2) is 11.9. The predicted octanol–water partition coefficient (Wildman–Crippen LogP) is 4.51. The molecule has 202 valence electrons. The molecule has 0 bridgehead atoms. The van der Waals surface area contributed by atoms with Gasteiger partial charge < -0.3 is 14.7 Å². The lowest BCUT2D eigenvalue weighted by Gasteiger charge is -2.36. The molecule has 4 heterocycles.